The van der Waals surface area contributed by atoms with Gasteiger partial charge in [-0.25, -0.2) is 4.79 Å². The first-order chi connectivity index (χ1) is 9.72. The smallest absolute Gasteiger partial charge is 0.410 e. The third kappa shape index (κ3) is 3.85. The van der Waals surface area contributed by atoms with E-state index in [4.69, 9.17) is 9.47 Å². The van der Waals surface area contributed by atoms with E-state index >= 15 is 0 Å². The number of hydrogen-bond donors (Lipinski definition) is 1. The van der Waals surface area contributed by atoms with Crippen LogP contribution in [0.1, 0.15) is 32.1 Å². The molecule has 2 fully saturated rings. The van der Waals surface area contributed by atoms with Crippen molar-refractivity contribution < 1.29 is 19.1 Å². The Morgan fingerprint density at radius 1 is 1.40 bits per heavy atom. The fourth-order valence-electron chi connectivity index (χ4n) is 2.91. The van der Waals surface area contributed by atoms with Gasteiger partial charge in [-0.15, -0.1) is 0 Å². The second-order valence-electron chi connectivity index (χ2n) is 5.53. The van der Waals surface area contributed by atoms with Crippen molar-refractivity contribution in [3.8, 4) is 0 Å². The van der Waals surface area contributed by atoms with E-state index in [0.717, 1.165) is 12.8 Å². The summed E-state index contributed by atoms with van der Waals surface area (Å²) in [5.41, 5.74) is 0. The SMILES string of the molecule is COCCNC(=O)[C@@H]1COC(=O)N1CC1CCCCC1. The molecule has 114 valence electrons. The number of methoxy groups -OCH3 is 1. The lowest BCUT2D eigenvalue weighted by molar-refractivity contribution is -0.125. The van der Waals surface area contributed by atoms with Crippen LogP contribution in [0.3, 0.4) is 0 Å². The van der Waals surface area contributed by atoms with Crippen LogP contribution in [0.4, 0.5) is 4.79 Å². The minimum Gasteiger partial charge on any atom is -0.447 e. The number of carbonyl (C=O) groups excluding carboxylic acids is 2. The highest BCUT2D eigenvalue weighted by atomic mass is 16.6. The number of carbonyl (C=O) groups is 2. The molecule has 0 spiro atoms. The summed E-state index contributed by atoms with van der Waals surface area (Å²) in [4.78, 5) is 25.5. The molecule has 2 amide bonds. The topological polar surface area (TPSA) is 67.9 Å². The van der Waals surface area contributed by atoms with Crippen LogP contribution < -0.4 is 5.32 Å². The first kappa shape index (κ1) is 15.1. The molecule has 1 heterocycles. The Bertz CT molecular complexity index is 342. The van der Waals surface area contributed by atoms with E-state index in [2.05, 4.69) is 5.32 Å². The number of cyclic esters (lactones) is 1. The lowest BCUT2D eigenvalue weighted by Crippen LogP contribution is -2.48. The molecule has 0 aromatic carbocycles. The van der Waals surface area contributed by atoms with Gasteiger partial charge in [0, 0.05) is 20.2 Å². The molecular weight excluding hydrogens is 260 g/mol. The van der Waals surface area contributed by atoms with Gasteiger partial charge in [0.05, 0.1) is 6.61 Å². The van der Waals surface area contributed by atoms with Gasteiger partial charge in [0.2, 0.25) is 5.91 Å². The molecule has 20 heavy (non-hydrogen) atoms. The van der Waals surface area contributed by atoms with E-state index < -0.39 is 6.04 Å². The molecule has 0 aromatic rings. The standard InChI is InChI=1S/C14H24N2O4/c1-19-8-7-15-13(17)12-10-20-14(18)16(12)9-11-5-3-2-4-6-11/h11-12H,2-10H2,1H3,(H,15,17)/t12-/m0/s1. The zero-order chi connectivity index (χ0) is 14.4. The number of hydrogen-bond acceptors (Lipinski definition) is 4. The van der Waals surface area contributed by atoms with Gasteiger partial charge in [-0.3, -0.25) is 9.69 Å². The zero-order valence-corrected chi connectivity index (χ0v) is 12.1. The lowest BCUT2D eigenvalue weighted by atomic mass is 9.89. The summed E-state index contributed by atoms with van der Waals surface area (Å²) in [6, 6.07) is -0.485. The molecule has 6 heteroatoms. The predicted octanol–water partition coefficient (Wildman–Crippen LogP) is 1.15. The van der Waals surface area contributed by atoms with Crippen LogP contribution in [0.15, 0.2) is 0 Å². The van der Waals surface area contributed by atoms with E-state index in [9.17, 15) is 9.59 Å². The first-order valence-corrected chi connectivity index (χ1v) is 7.42. The average Bonchev–Trinajstić information content (AvgIpc) is 2.82. The van der Waals surface area contributed by atoms with E-state index in [1.807, 2.05) is 0 Å². The molecule has 2 rings (SSSR count). The molecule has 2 aliphatic rings. The maximum absolute atomic E-state index is 12.1. The van der Waals surface area contributed by atoms with Crippen molar-refractivity contribution in [3.05, 3.63) is 0 Å². The maximum atomic E-state index is 12.1. The van der Waals surface area contributed by atoms with E-state index in [1.165, 1.54) is 19.3 Å². The largest absolute Gasteiger partial charge is 0.447 e. The summed E-state index contributed by atoms with van der Waals surface area (Å²) < 4.78 is 9.94. The fourth-order valence-corrected chi connectivity index (χ4v) is 2.91. The summed E-state index contributed by atoms with van der Waals surface area (Å²) in [5, 5.41) is 2.78. The predicted molar refractivity (Wildman–Crippen MR) is 73.3 cm³/mol. The number of nitrogens with zero attached hydrogens (tertiary/aromatic N) is 1. The van der Waals surface area contributed by atoms with Crippen molar-refractivity contribution in [2.45, 2.75) is 38.1 Å². The van der Waals surface area contributed by atoms with Crippen molar-refractivity contribution >= 4 is 12.0 Å². The first-order valence-electron chi connectivity index (χ1n) is 7.42. The number of nitrogens with one attached hydrogen (secondary N) is 1. The van der Waals surface area contributed by atoms with Gasteiger partial charge in [0.1, 0.15) is 12.6 Å². The third-order valence-electron chi connectivity index (χ3n) is 4.06. The quantitative estimate of drug-likeness (QED) is 0.743. The van der Waals surface area contributed by atoms with E-state index in [-0.39, 0.29) is 18.6 Å². The second kappa shape index (κ2) is 7.47. The molecule has 1 saturated carbocycles. The Morgan fingerprint density at radius 3 is 2.85 bits per heavy atom. The minimum absolute atomic E-state index is 0.149. The van der Waals surface area contributed by atoms with Gasteiger partial charge in [0.25, 0.3) is 0 Å². The Morgan fingerprint density at radius 2 is 2.15 bits per heavy atom. The van der Waals surface area contributed by atoms with Crippen molar-refractivity contribution in [1.82, 2.24) is 10.2 Å². The molecule has 1 aliphatic carbocycles. The second-order valence-corrected chi connectivity index (χ2v) is 5.53. The molecule has 0 radical (unpaired) electrons. The number of amides is 2. The molecule has 0 bridgehead atoms. The Hall–Kier alpha value is -1.30. The Kier molecular flexibility index (Phi) is 5.64. The highest BCUT2D eigenvalue weighted by Gasteiger charge is 2.39. The lowest BCUT2D eigenvalue weighted by Gasteiger charge is -2.28. The molecule has 1 N–H and O–H groups in total. The molecule has 1 aliphatic heterocycles. The van der Waals surface area contributed by atoms with Gasteiger partial charge in [-0.1, -0.05) is 19.3 Å². The van der Waals surface area contributed by atoms with Crippen molar-refractivity contribution in [2.24, 2.45) is 5.92 Å². The van der Waals surface area contributed by atoms with E-state index in [1.54, 1.807) is 12.0 Å². The summed E-state index contributed by atoms with van der Waals surface area (Å²) in [6.07, 6.45) is 5.64. The Labute approximate surface area is 119 Å². The monoisotopic (exact) mass is 284 g/mol. The summed E-state index contributed by atoms with van der Waals surface area (Å²) >= 11 is 0. The van der Waals surface area contributed by atoms with Gasteiger partial charge >= 0.3 is 6.09 Å². The van der Waals surface area contributed by atoms with Crippen LogP contribution in [0, 0.1) is 5.92 Å². The van der Waals surface area contributed by atoms with Crippen LogP contribution >= 0.6 is 0 Å². The summed E-state index contributed by atoms with van der Waals surface area (Å²) in [7, 11) is 1.59. The van der Waals surface area contributed by atoms with Gasteiger partial charge < -0.3 is 14.8 Å². The number of ether oxygens (including phenoxy) is 2. The van der Waals surface area contributed by atoms with Crippen molar-refractivity contribution in [1.29, 1.82) is 0 Å². The van der Waals surface area contributed by atoms with Gasteiger partial charge in [0.15, 0.2) is 0 Å². The highest BCUT2D eigenvalue weighted by molar-refractivity contribution is 5.87. The molecular formula is C14H24N2O4. The zero-order valence-electron chi connectivity index (χ0n) is 12.1. The fraction of sp³-hybridized carbons (Fsp3) is 0.857. The summed E-state index contributed by atoms with van der Waals surface area (Å²) in [5.74, 6) is 0.354. The Balaban J connectivity index is 1.86. The molecule has 0 aromatic heterocycles. The summed E-state index contributed by atoms with van der Waals surface area (Å²) in [6.45, 7) is 1.72. The van der Waals surface area contributed by atoms with E-state index in [0.29, 0.717) is 25.6 Å². The number of rotatable bonds is 6. The maximum Gasteiger partial charge on any atom is 0.410 e. The normalized spacial score (nSPS) is 23.8. The molecule has 1 atom stereocenters. The minimum atomic E-state index is -0.485. The van der Waals surface area contributed by atoms with Crippen LogP contribution in [-0.2, 0) is 14.3 Å². The molecule has 1 saturated heterocycles. The van der Waals surface area contributed by atoms with Crippen LogP contribution in [0.2, 0.25) is 0 Å². The van der Waals surface area contributed by atoms with Crippen molar-refractivity contribution in [2.75, 3.05) is 33.4 Å². The van der Waals surface area contributed by atoms with Crippen LogP contribution in [0.25, 0.3) is 0 Å². The van der Waals surface area contributed by atoms with Crippen molar-refractivity contribution in [3.63, 3.8) is 0 Å². The third-order valence-corrected chi connectivity index (χ3v) is 4.06. The molecule has 6 nitrogen and oxygen atoms in total. The average molecular weight is 284 g/mol. The van der Waals surface area contributed by atoms with Gasteiger partial charge in [-0.2, -0.15) is 0 Å². The highest BCUT2D eigenvalue weighted by Crippen LogP contribution is 2.26. The van der Waals surface area contributed by atoms with Gasteiger partial charge in [-0.05, 0) is 18.8 Å². The molecule has 0 unspecified atom stereocenters. The van der Waals surface area contributed by atoms with Crippen LogP contribution in [0.5, 0.6) is 0 Å². The van der Waals surface area contributed by atoms with Crippen LogP contribution in [-0.4, -0.2) is 56.4 Å².